The molecule has 3 aromatic rings. The molecule has 2 heterocycles. The maximum atomic E-state index is 5.78. The molecule has 3 rings (SSSR count). The fourth-order valence-electron chi connectivity index (χ4n) is 2.08. The summed E-state index contributed by atoms with van der Waals surface area (Å²) in [6.45, 7) is 4.56. The number of imidazole rings is 1. The first kappa shape index (κ1) is 16.4. The normalized spacial score (nSPS) is 11.1. The lowest BCUT2D eigenvalue weighted by molar-refractivity contribution is 0.242. The third-order valence-corrected chi connectivity index (χ3v) is 3.92. The van der Waals surface area contributed by atoms with Gasteiger partial charge in [0.05, 0.1) is 12.7 Å². The molecule has 3 N–H and O–H groups in total. The maximum Gasteiger partial charge on any atom is 0.183 e. The maximum absolute atomic E-state index is 5.78. The Kier molecular flexibility index (Phi) is 5.05. The Labute approximate surface area is 144 Å². The molecule has 1 aromatic carbocycles. The lowest BCUT2D eigenvalue weighted by Gasteiger charge is -2.10. The highest BCUT2D eigenvalue weighted by molar-refractivity contribution is 7.99. The van der Waals surface area contributed by atoms with Gasteiger partial charge in [-0.3, -0.25) is 0 Å². The van der Waals surface area contributed by atoms with Crippen LogP contribution < -0.4 is 15.2 Å². The number of anilines is 1. The van der Waals surface area contributed by atoms with Gasteiger partial charge in [0.2, 0.25) is 0 Å². The number of nitrogens with two attached hydrogens (primary N) is 1. The molecule has 8 heteroatoms. The van der Waals surface area contributed by atoms with Crippen LogP contribution in [0.1, 0.15) is 13.8 Å². The Hall–Kier alpha value is -2.48. The SMILES string of the molecule is CC(C)Oc1ccc(OCCSc2nc3ncnc(N)c3[nH]2)cc1. The number of nitrogens with zero attached hydrogens (tertiary/aromatic N) is 3. The number of ether oxygens (including phenoxy) is 2. The van der Waals surface area contributed by atoms with Gasteiger partial charge in [-0.2, -0.15) is 0 Å². The summed E-state index contributed by atoms with van der Waals surface area (Å²) in [6.07, 6.45) is 1.57. The van der Waals surface area contributed by atoms with E-state index >= 15 is 0 Å². The molecular weight excluding hydrogens is 326 g/mol. The second kappa shape index (κ2) is 7.39. The first-order valence-corrected chi connectivity index (χ1v) is 8.59. The van der Waals surface area contributed by atoms with Crippen LogP contribution in [0, 0.1) is 0 Å². The number of H-pyrrole nitrogens is 1. The standard InChI is InChI=1S/C16H19N5O2S/c1-10(2)23-12-5-3-11(4-6-12)22-7-8-24-16-20-13-14(17)18-9-19-15(13)21-16/h3-6,9-10H,7-8H2,1-2H3,(H3,17,18,19,20,21). The number of aromatic nitrogens is 4. The minimum absolute atomic E-state index is 0.163. The number of nitrogen functional groups attached to an aromatic ring is 1. The van der Waals surface area contributed by atoms with Gasteiger partial charge in [0, 0.05) is 5.75 Å². The van der Waals surface area contributed by atoms with Gasteiger partial charge in [0.1, 0.15) is 23.3 Å². The second-order valence-corrected chi connectivity index (χ2v) is 6.42. The highest BCUT2D eigenvalue weighted by Gasteiger charge is 2.07. The molecular formula is C16H19N5O2S. The van der Waals surface area contributed by atoms with E-state index in [1.54, 1.807) is 11.8 Å². The van der Waals surface area contributed by atoms with Crippen molar-refractivity contribution in [1.29, 1.82) is 0 Å². The van der Waals surface area contributed by atoms with Crippen molar-refractivity contribution < 1.29 is 9.47 Å². The molecule has 0 bridgehead atoms. The Morgan fingerprint density at radius 2 is 1.92 bits per heavy atom. The van der Waals surface area contributed by atoms with Crippen LogP contribution in [0.2, 0.25) is 0 Å². The summed E-state index contributed by atoms with van der Waals surface area (Å²) in [5.74, 6) is 2.80. The molecule has 0 aliphatic rings. The zero-order valence-electron chi connectivity index (χ0n) is 13.5. The number of thioether (sulfide) groups is 1. The number of hydrogen-bond donors (Lipinski definition) is 2. The molecule has 0 saturated heterocycles. The lowest BCUT2D eigenvalue weighted by atomic mass is 10.3. The molecule has 0 saturated carbocycles. The van der Waals surface area contributed by atoms with E-state index in [1.807, 2.05) is 38.1 Å². The number of fused-ring (bicyclic) bond motifs is 1. The Morgan fingerprint density at radius 1 is 1.17 bits per heavy atom. The largest absolute Gasteiger partial charge is 0.493 e. The van der Waals surface area contributed by atoms with Crippen molar-refractivity contribution in [3.63, 3.8) is 0 Å². The molecule has 2 aromatic heterocycles. The summed E-state index contributed by atoms with van der Waals surface area (Å²) in [7, 11) is 0. The summed E-state index contributed by atoms with van der Waals surface area (Å²) in [4.78, 5) is 15.5. The smallest absolute Gasteiger partial charge is 0.183 e. The van der Waals surface area contributed by atoms with Gasteiger partial charge >= 0.3 is 0 Å². The predicted octanol–water partition coefficient (Wildman–Crippen LogP) is 2.89. The van der Waals surface area contributed by atoms with Crippen molar-refractivity contribution in [2.75, 3.05) is 18.1 Å². The van der Waals surface area contributed by atoms with Crippen LogP contribution >= 0.6 is 11.8 Å². The topological polar surface area (TPSA) is 98.9 Å². The van der Waals surface area contributed by atoms with Crippen LogP contribution in [0.15, 0.2) is 35.7 Å². The van der Waals surface area contributed by atoms with Gasteiger partial charge in [-0.15, -0.1) is 0 Å². The molecule has 0 radical (unpaired) electrons. The van der Waals surface area contributed by atoms with Gasteiger partial charge in [0.15, 0.2) is 16.6 Å². The summed E-state index contributed by atoms with van der Waals surface area (Å²) in [5, 5.41) is 0.751. The summed E-state index contributed by atoms with van der Waals surface area (Å²) >= 11 is 1.55. The Bertz CT molecular complexity index is 804. The molecule has 0 aliphatic heterocycles. The number of rotatable bonds is 7. The first-order valence-electron chi connectivity index (χ1n) is 7.60. The van der Waals surface area contributed by atoms with Crippen molar-refractivity contribution in [1.82, 2.24) is 19.9 Å². The summed E-state index contributed by atoms with van der Waals surface area (Å²) in [5.41, 5.74) is 7.02. The minimum Gasteiger partial charge on any atom is -0.493 e. The Morgan fingerprint density at radius 3 is 2.62 bits per heavy atom. The van der Waals surface area contributed by atoms with Crippen LogP contribution in [0.4, 0.5) is 5.82 Å². The van der Waals surface area contributed by atoms with Crippen molar-refractivity contribution in [3.8, 4) is 11.5 Å². The van der Waals surface area contributed by atoms with E-state index < -0.39 is 0 Å². The van der Waals surface area contributed by atoms with Crippen LogP contribution in [0.3, 0.4) is 0 Å². The molecule has 24 heavy (non-hydrogen) atoms. The fraction of sp³-hybridized carbons (Fsp3) is 0.312. The second-order valence-electron chi connectivity index (χ2n) is 5.33. The molecule has 0 spiro atoms. The number of aromatic amines is 1. The molecule has 0 fully saturated rings. The molecule has 0 amide bonds. The van der Waals surface area contributed by atoms with E-state index in [4.69, 9.17) is 15.2 Å². The van der Waals surface area contributed by atoms with Crippen LogP contribution in [-0.2, 0) is 0 Å². The molecule has 0 atom stereocenters. The van der Waals surface area contributed by atoms with Gasteiger partial charge in [-0.05, 0) is 38.1 Å². The highest BCUT2D eigenvalue weighted by Crippen LogP contribution is 2.22. The average molecular weight is 345 g/mol. The third-order valence-electron chi connectivity index (χ3n) is 3.08. The van der Waals surface area contributed by atoms with Crippen molar-refractivity contribution in [3.05, 3.63) is 30.6 Å². The highest BCUT2D eigenvalue weighted by atomic mass is 32.2. The Balaban J connectivity index is 1.48. The van der Waals surface area contributed by atoms with Crippen LogP contribution in [0.25, 0.3) is 11.2 Å². The van der Waals surface area contributed by atoms with Crippen LogP contribution in [0.5, 0.6) is 11.5 Å². The zero-order chi connectivity index (χ0) is 16.9. The van der Waals surface area contributed by atoms with E-state index in [0.717, 1.165) is 22.4 Å². The fourth-order valence-corrected chi connectivity index (χ4v) is 2.76. The third kappa shape index (κ3) is 4.08. The average Bonchev–Trinajstić information content (AvgIpc) is 2.97. The van der Waals surface area contributed by atoms with E-state index in [1.165, 1.54) is 6.33 Å². The summed E-state index contributed by atoms with van der Waals surface area (Å²) in [6, 6.07) is 7.62. The van der Waals surface area contributed by atoms with Crippen LogP contribution in [-0.4, -0.2) is 38.4 Å². The van der Waals surface area contributed by atoms with E-state index in [9.17, 15) is 0 Å². The van der Waals surface area contributed by atoms with E-state index in [0.29, 0.717) is 23.6 Å². The van der Waals surface area contributed by atoms with Crippen molar-refractivity contribution in [2.45, 2.75) is 25.1 Å². The van der Waals surface area contributed by atoms with Gasteiger partial charge in [-0.25, -0.2) is 15.0 Å². The predicted molar refractivity (Wildman–Crippen MR) is 94.5 cm³/mol. The van der Waals surface area contributed by atoms with Crippen molar-refractivity contribution >= 4 is 28.7 Å². The number of hydrogen-bond acceptors (Lipinski definition) is 7. The molecule has 0 unspecified atom stereocenters. The van der Waals surface area contributed by atoms with Gasteiger partial charge in [0.25, 0.3) is 0 Å². The lowest BCUT2D eigenvalue weighted by Crippen LogP contribution is -2.05. The van der Waals surface area contributed by atoms with E-state index in [-0.39, 0.29) is 6.10 Å². The minimum atomic E-state index is 0.163. The first-order chi connectivity index (χ1) is 11.6. The van der Waals surface area contributed by atoms with E-state index in [2.05, 4.69) is 19.9 Å². The zero-order valence-corrected chi connectivity index (χ0v) is 14.3. The van der Waals surface area contributed by atoms with Crippen molar-refractivity contribution in [2.24, 2.45) is 0 Å². The number of nitrogens with one attached hydrogen (secondary N) is 1. The van der Waals surface area contributed by atoms with Gasteiger partial charge < -0.3 is 20.2 Å². The monoisotopic (exact) mass is 345 g/mol. The van der Waals surface area contributed by atoms with Gasteiger partial charge in [-0.1, -0.05) is 11.8 Å². The molecule has 0 aliphatic carbocycles. The number of benzene rings is 1. The quantitative estimate of drug-likeness (QED) is 0.502. The molecule has 7 nitrogen and oxygen atoms in total. The molecule has 126 valence electrons. The summed E-state index contributed by atoms with van der Waals surface area (Å²) < 4.78 is 11.3.